The normalized spacial score (nSPS) is 11.1. The lowest BCUT2D eigenvalue weighted by Gasteiger charge is -2.06. The van der Waals surface area contributed by atoms with Gasteiger partial charge in [0.15, 0.2) is 0 Å². The lowest BCUT2D eigenvalue weighted by Crippen LogP contribution is -2.19. The van der Waals surface area contributed by atoms with E-state index in [2.05, 4.69) is 46.5 Å². The Morgan fingerprint density at radius 1 is 1.42 bits per heavy atom. The van der Waals surface area contributed by atoms with Gasteiger partial charge < -0.3 is 10.1 Å². The minimum Gasteiger partial charge on any atom is -0.383 e. The van der Waals surface area contributed by atoms with E-state index >= 15 is 0 Å². The van der Waals surface area contributed by atoms with Crippen LogP contribution in [0.25, 0.3) is 0 Å². The Morgan fingerprint density at radius 2 is 2.26 bits per heavy atom. The maximum atomic E-state index is 5.03. The van der Waals surface area contributed by atoms with Crippen molar-refractivity contribution in [2.75, 3.05) is 20.3 Å². The summed E-state index contributed by atoms with van der Waals surface area (Å²) in [7, 11) is 1.72. The molecule has 4 nitrogen and oxygen atoms in total. The van der Waals surface area contributed by atoms with Crippen molar-refractivity contribution in [3.8, 4) is 0 Å². The average Bonchev–Trinajstić information content (AvgIpc) is 2.98. The molecule has 2 aromatic heterocycles. The molecule has 0 spiro atoms. The van der Waals surface area contributed by atoms with Gasteiger partial charge in [-0.2, -0.15) is 5.10 Å². The average molecular weight is 279 g/mol. The highest BCUT2D eigenvalue weighted by Gasteiger charge is 2.11. The van der Waals surface area contributed by atoms with Crippen molar-refractivity contribution in [3.05, 3.63) is 39.3 Å². The molecule has 0 aliphatic heterocycles. The first-order valence-electron chi connectivity index (χ1n) is 6.47. The van der Waals surface area contributed by atoms with Crippen LogP contribution in [0, 0.1) is 13.8 Å². The van der Waals surface area contributed by atoms with Crippen LogP contribution in [0.2, 0.25) is 0 Å². The number of thiophene rings is 1. The first kappa shape index (κ1) is 14.2. The number of nitrogens with one attached hydrogen (secondary N) is 1. The number of aryl methyl sites for hydroxylation is 1. The molecule has 2 aromatic rings. The Labute approximate surface area is 118 Å². The third-order valence-corrected chi connectivity index (χ3v) is 4.06. The molecule has 0 amide bonds. The second kappa shape index (κ2) is 6.84. The van der Waals surface area contributed by atoms with E-state index in [1.165, 1.54) is 16.1 Å². The third kappa shape index (κ3) is 3.65. The molecule has 0 saturated heterocycles. The van der Waals surface area contributed by atoms with Crippen molar-refractivity contribution >= 4 is 11.3 Å². The molecule has 0 fully saturated rings. The van der Waals surface area contributed by atoms with E-state index in [0.29, 0.717) is 0 Å². The topological polar surface area (TPSA) is 39.1 Å². The molecule has 0 aromatic carbocycles. The summed E-state index contributed by atoms with van der Waals surface area (Å²) >= 11 is 1.77. The van der Waals surface area contributed by atoms with Crippen LogP contribution in [0.1, 0.15) is 21.8 Å². The first-order chi connectivity index (χ1) is 9.22. The van der Waals surface area contributed by atoms with Gasteiger partial charge in [0.1, 0.15) is 0 Å². The summed E-state index contributed by atoms with van der Waals surface area (Å²) in [6.45, 7) is 7.53. The number of rotatable bonds is 7. The highest BCUT2D eigenvalue weighted by atomic mass is 32.1. The fourth-order valence-electron chi connectivity index (χ4n) is 2.08. The lowest BCUT2D eigenvalue weighted by molar-refractivity contribution is 0.199. The van der Waals surface area contributed by atoms with Crippen molar-refractivity contribution in [1.82, 2.24) is 15.1 Å². The standard InChI is InChI=1S/C14H21N3OS/c1-11-14(9-15-6-7-18-3)12(2)17(16-11)10-13-5-4-8-19-13/h4-5,8,15H,6-7,9-10H2,1-3H3. The minimum atomic E-state index is 0.738. The number of aromatic nitrogens is 2. The maximum Gasteiger partial charge on any atom is 0.0755 e. The zero-order chi connectivity index (χ0) is 13.7. The van der Waals surface area contributed by atoms with E-state index in [9.17, 15) is 0 Å². The van der Waals surface area contributed by atoms with Crippen LogP contribution in [-0.4, -0.2) is 30.0 Å². The molecule has 1 N–H and O–H groups in total. The fraction of sp³-hybridized carbons (Fsp3) is 0.500. The van der Waals surface area contributed by atoms with Gasteiger partial charge >= 0.3 is 0 Å². The zero-order valence-corrected chi connectivity index (χ0v) is 12.6. The fourth-order valence-corrected chi connectivity index (χ4v) is 2.77. The SMILES string of the molecule is COCCNCc1c(C)nn(Cc2cccs2)c1C. The van der Waals surface area contributed by atoms with E-state index in [1.54, 1.807) is 18.4 Å². The second-order valence-corrected chi connectivity index (χ2v) is 5.59. The van der Waals surface area contributed by atoms with Gasteiger partial charge in [0.2, 0.25) is 0 Å². The van der Waals surface area contributed by atoms with Crippen LogP contribution in [0.3, 0.4) is 0 Å². The lowest BCUT2D eigenvalue weighted by atomic mass is 10.2. The smallest absolute Gasteiger partial charge is 0.0755 e. The highest BCUT2D eigenvalue weighted by Crippen LogP contribution is 2.16. The molecule has 0 bridgehead atoms. The minimum absolute atomic E-state index is 0.738. The van der Waals surface area contributed by atoms with E-state index in [4.69, 9.17) is 4.74 Å². The number of nitrogens with zero attached hydrogens (tertiary/aromatic N) is 2. The molecule has 2 rings (SSSR count). The Kier molecular flexibility index (Phi) is 5.13. The molecule has 0 radical (unpaired) electrons. The Bertz CT molecular complexity index is 505. The van der Waals surface area contributed by atoms with Gasteiger partial charge in [-0.1, -0.05) is 6.07 Å². The predicted octanol–water partition coefficient (Wildman–Crippen LogP) is 2.35. The van der Waals surface area contributed by atoms with Crippen molar-refractivity contribution in [2.24, 2.45) is 0 Å². The summed E-state index contributed by atoms with van der Waals surface area (Å²) in [6.07, 6.45) is 0. The van der Waals surface area contributed by atoms with Gasteiger partial charge in [0.05, 0.1) is 18.8 Å². The van der Waals surface area contributed by atoms with Crippen molar-refractivity contribution < 1.29 is 4.74 Å². The van der Waals surface area contributed by atoms with Gasteiger partial charge in [0, 0.05) is 36.3 Å². The number of ether oxygens (including phenoxy) is 1. The van der Waals surface area contributed by atoms with Crippen molar-refractivity contribution in [2.45, 2.75) is 26.9 Å². The summed E-state index contributed by atoms with van der Waals surface area (Å²) in [5.41, 5.74) is 3.66. The molecule has 2 heterocycles. The summed E-state index contributed by atoms with van der Waals surface area (Å²) in [5, 5.41) is 10.1. The van der Waals surface area contributed by atoms with Crippen LogP contribution in [0.5, 0.6) is 0 Å². The molecule has 0 aliphatic rings. The summed E-state index contributed by atoms with van der Waals surface area (Å²) < 4.78 is 7.13. The molecular weight excluding hydrogens is 258 g/mol. The first-order valence-corrected chi connectivity index (χ1v) is 7.35. The summed E-state index contributed by atoms with van der Waals surface area (Å²) in [5.74, 6) is 0. The van der Waals surface area contributed by atoms with Crippen molar-refractivity contribution in [1.29, 1.82) is 0 Å². The van der Waals surface area contributed by atoms with E-state index < -0.39 is 0 Å². The highest BCUT2D eigenvalue weighted by molar-refractivity contribution is 7.09. The van der Waals surface area contributed by atoms with Crippen LogP contribution in [-0.2, 0) is 17.8 Å². The van der Waals surface area contributed by atoms with Crippen LogP contribution in [0.15, 0.2) is 17.5 Å². The molecule has 104 valence electrons. The molecule has 0 atom stereocenters. The third-order valence-electron chi connectivity index (χ3n) is 3.20. The van der Waals surface area contributed by atoms with E-state index in [-0.39, 0.29) is 0 Å². The van der Waals surface area contributed by atoms with E-state index in [1.807, 2.05) is 0 Å². The summed E-state index contributed by atoms with van der Waals surface area (Å²) in [6, 6.07) is 4.23. The molecule has 5 heteroatoms. The molecular formula is C14H21N3OS. The number of hydrogen-bond donors (Lipinski definition) is 1. The van der Waals surface area contributed by atoms with E-state index in [0.717, 1.165) is 31.9 Å². The molecule has 0 aliphatic carbocycles. The Morgan fingerprint density at radius 3 is 2.95 bits per heavy atom. The van der Waals surface area contributed by atoms with Crippen LogP contribution in [0.4, 0.5) is 0 Å². The van der Waals surface area contributed by atoms with Crippen LogP contribution < -0.4 is 5.32 Å². The molecule has 0 unspecified atom stereocenters. The Balaban J connectivity index is 2.02. The number of hydrogen-bond acceptors (Lipinski definition) is 4. The van der Waals surface area contributed by atoms with Gasteiger partial charge in [-0.3, -0.25) is 4.68 Å². The maximum absolute atomic E-state index is 5.03. The van der Waals surface area contributed by atoms with Crippen LogP contribution >= 0.6 is 11.3 Å². The largest absolute Gasteiger partial charge is 0.383 e. The molecule has 0 saturated carbocycles. The van der Waals surface area contributed by atoms with Gasteiger partial charge in [-0.05, 0) is 25.3 Å². The number of methoxy groups -OCH3 is 1. The summed E-state index contributed by atoms with van der Waals surface area (Å²) in [4.78, 5) is 1.34. The van der Waals surface area contributed by atoms with Gasteiger partial charge in [-0.25, -0.2) is 0 Å². The van der Waals surface area contributed by atoms with Crippen molar-refractivity contribution in [3.63, 3.8) is 0 Å². The second-order valence-electron chi connectivity index (χ2n) is 4.56. The van der Waals surface area contributed by atoms with Gasteiger partial charge in [-0.15, -0.1) is 11.3 Å². The predicted molar refractivity (Wildman–Crippen MR) is 78.7 cm³/mol. The quantitative estimate of drug-likeness (QED) is 0.791. The molecule has 19 heavy (non-hydrogen) atoms. The Hall–Kier alpha value is -1.17. The zero-order valence-electron chi connectivity index (χ0n) is 11.8. The van der Waals surface area contributed by atoms with Gasteiger partial charge in [0.25, 0.3) is 0 Å². The monoisotopic (exact) mass is 279 g/mol.